The van der Waals surface area contributed by atoms with E-state index in [2.05, 4.69) is 11.4 Å². The van der Waals surface area contributed by atoms with Gasteiger partial charge >= 0.3 is 0 Å². The number of nitrogens with zero attached hydrogens (tertiary/aromatic N) is 1. The molecule has 5 heteroatoms. The second-order valence-corrected chi connectivity index (χ2v) is 4.56. The Hall–Kier alpha value is -2.87. The molecule has 106 valence electrons. The van der Waals surface area contributed by atoms with E-state index in [9.17, 15) is 9.18 Å². The smallest absolute Gasteiger partial charge is 0.244 e. The van der Waals surface area contributed by atoms with Crippen LogP contribution in [0.25, 0.3) is 0 Å². The predicted octanol–water partition coefficient (Wildman–Crippen LogP) is 2.53. The third-order valence-corrected chi connectivity index (χ3v) is 3.04. The summed E-state index contributed by atoms with van der Waals surface area (Å²) < 4.78 is 12.9. The van der Waals surface area contributed by atoms with E-state index in [1.807, 2.05) is 0 Å². The van der Waals surface area contributed by atoms with E-state index in [1.54, 1.807) is 24.3 Å². The first-order valence-corrected chi connectivity index (χ1v) is 6.37. The number of hydrogen-bond donors (Lipinski definition) is 2. The molecule has 0 aromatic heterocycles. The molecule has 0 radical (unpaired) electrons. The fraction of sp³-hybridized carbons (Fsp3) is 0.125. The number of nitriles is 1. The third kappa shape index (κ3) is 3.80. The van der Waals surface area contributed by atoms with Gasteiger partial charge in [0.1, 0.15) is 11.9 Å². The zero-order valence-electron chi connectivity index (χ0n) is 11.2. The molecule has 21 heavy (non-hydrogen) atoms. The minimum absolute atomic E-state index is 0.331. The maximum absolute atomic E-state index is 12.9. The number of halogens is 1. The summed E-state index contributed by atoms with van der Waals surface area (Å²) in [7, 11) is 0. The number of benzene rings is 2. The maximum Gasteiger partial charge on any atom is 0.244 e. The van der Waals surface area contributed by atoms with Crippen molar-refractivity contribution in [2.75, 3.05) is 5.32 Å². The lowest BCUT2D eigenvalue weighted by molar-refractivity contribution is -0.118. The Labute approximate surface area is 122 Å². The summed E-state index contributed by atoms with van der Waals surface area (Å²) in [6, 6.07) is 14.1. The lowest BCUT2D eigenvalue weighted by Gasteiger charge is -2.17. The van der Waals surface area contributed by atoms with Crippen molar-refractivity contribution < 1.29 is 9.18 Å². The van der Waals surface area contributed by atoms with Crippen LogP contribution in [0.4, 0.5) is 10.1 Å². The molecule has 0 aliphatic rings. The van der Waals surface area contributed by atoms with Gasteiger partial charge < -0.3 is 11.1 Å². The predicted molar refractivity (Wildman–Crippen MR) is 77.7 cm³/mol. The highest BCUT2D eigenvalue weighted by Crippen LogP contribution is 2.20. The molecule has 4 nitrogen and oxygen atoms in total. The van der Waals surface area contributed by atoms with Gasteiger partial charge in [0.05, 0.1) is 12.5 Å². The molecule has 1 unspecified atom stereocenters. The normalized spacial score (nSPS) is 11.4. The van der Waals surface area contributed by atoms with E-state index in [-0.39, 0.29) is 5.82 Å². The van der Waals surface area contributed by atoms with Gasteiger partial charge in [0.25, 0.3) is 0 Å². The van der Waals surface area contributed by atoms with E-state index < -0.39 is 11.9 Å². The molecular formula is C16H14FN3O. The zero-order chi connectivity index (χ0) is 15.2. The SMILES string of the molecule is N#CCc1ccc(NC(C(N)=O)c2ccc(F)cc2)cc1. The average Bonchev–Trinajstić information content (AvgIpc) is 2.47. The van der Waals surface area contributed by atoms with Crippen molar-refractivity contribution in [2.24, 2.45) is 5.73 Å². The standard InChI is InChI=1S/C16H14FN3O/c17-13-5-3-12(4-6-13)15(16(19)21)20-14-7-1-11(2-8-14)9-10-18/h1-8,15,20H,9H2,(H2,19,21). The number of amides is 1. The molecule has 0 bridgehead atoms. The van der Waals surface area contributed by atoms with E-state index in [0.29, 0.717) is 17.7 Å². The summed E-state index contributed by atoms with van der Waals surface area (Å²) in [5.41, 5.74) is 7.57. The van der Waals surface area contributed by atoms with Gasteiger partial charge in [0.15, 0.2) is 0 Å². The number of hydrogen-bond acceptors (Lipinski definition) is 3. The maximum atomic E-state index is 12.9. The Morgan fingerprint density at radius 2 is 1.81 bits per heavy atom. The van der Waals surface area contributed by atoms with Crippen molar-refractivity contribution in [3.8, 4) is 6.07 Å². The summed E-state index contributed by atoms with van der Waals surface area (Å²) in [6.07, 6.45) is 0.331. The van der Waals surface area contributed by atoms with Gasteiger partial charge in [-0.15, -0.1) is 0 Å². The van der Waals surface area contributed by atoms with Crippen LogP contribution in [-0.4, -0.2) is 5.91 Å². The first-order valence-electron chi connectivity index (χ1n) is 6.37. The summed E-state index contributed by atoms with van der Waals surface area (Å²) in [4.78, 5) is 11.6. The summed E-state index contributed by atoms with van der Waals surface area (Å²) in [5.74, 6) is -0.925. The van der Waals surface area contributed by atoms with Crippen LogP contribution in [0.5, 0.6) is 0 Å². The summed E-state index contributed by atoms with van der Waals surface area (Å²) in [6.45, 7) is 0. The van der Waals surface area contributed by atoms with E-state index in [0.717, 1.165) is 5.56 Å². The Balaban J connectivity index is 2.18. The second-order valence-electron chi connectivity index (χ2n) is 4.56. The zero-order valence-corrected chi connectivity index (χ0v) is 11.2. The number of primary amides is 1. The molecule has 0 saturated carbocycles. The lowest BCUT2D eigenvalue weighted by Crippen LogP contribution is -2.27. The van der Waals surface area contributed by atoms with Crippen LogP contribution in [0.2, 0.25) is 0 Å². The van der Waals surface area contributed by atoms with Crippen LogP contribution >= 0.6 is 0 Å². The van der Waals surface area contributed by atoms with Crippen LogP contribution in [-0.2, 0) is 11.2 Å². The molecular weight excluding hydrogens is 269 g/mol. The Kier molecular flexibility index (Phi) is 4.52. The van der Waals surface area contributed by atoms with Crippen molar-refractivity contribution in [3.63, 3.8) is 0 Å². The van der Waals surface area contributed by atoms with Crippen molar-refractivity contribution in [2.45, 2.75) is 12.5 Å². The van der Waals surface area contributed by atoms with Crippen LogP contribution in [0.15, 0.2) is 48.5 Å². The fourth-order valence-electron chi connectivity index (χ4n) is 1.95. The van der Waals surface area contributed by atoms with Crippen molar-refractivity contribution in [3.05, 3.63) is 65.5 Å². The molecule has 1 amide bonds. The van der Waals surface area contributed by atoms with Gasteiger partial charge in [-0.05, 0) is 35.4 Å². The largest absolute Gasteiger partial charge is 0.370 e. The molecule has 2 aromatic carbocycles. The third-order valence-electron chi connectivity index (χ3n) is 3.04. The number of anilines is 1. The van der Waals surface area contributed by atoms with Gasteiger partial charge in [-0.2, -0.15) is 5.26 Å². The highest BCUT2D eigenvalue weighted by atomic mass is 19.1. The summed E-state index contributed by atoms with van der Waals surface area (Å²) in [5, 5.41) is 11.6. The average molecular weight is 283 g/mol. The Morgan fingerprint density at radius 3 is 2.33 bits per heavy atom. The van der Waals surface area contributed by atoms with Gasteiger partial charge in [-0.25, -0.2) is 4.39 Å². The first kappa shape index (κ1) is 14.5. The van der Waals surface area contributed by atoms with Gasteiger partial charge in [-0.3, -0.25) is 4.79 Å². The molecule has 2 aromatic rings. The minimum Gasteiger partial charge on any atom is -0.370 e. The molecule has 0 spiro atoms. The molecule has 0 aliphatic heterocycles. The molecule has 3 N–H and O–H groups in total. The van der Waals surface area contributed by atoms with Crippen LogP contribution in [0.1, 0.15) is 17.2 Å². The Morgan fingerprint density at radius 1 is 1.19 bits per heavy atom. The number of rotatable bonds is 5. The van der Waals surface area contributed by atoms with E-state index >= 15 is 0 Å². The van der Waals surface area contributed by atoms with Crippen LogP contribution in [0, 0.1) is 17.1 Å². The molecule has 1 atom stereocenters. The van der Waals surface area contributed by atoms with Gasteiger partial charge in [0.2, 0.25) is 5.91 Å². The first-order chi connectivity index (χ1) is 10.1. The van der Waals surface area contributed by atoms with E-state index in [4.69, 9.17) is 11.0 Å². The number of nitrogens with one attached hydrogen (secondary N) is 1. The lowest BCUT2D eigenvalue weighted by atomic mass is 10.1. The quantitative estimate of drug-likeness (QED) is 0.885. The Bertz CT molecular complexity index is 659. The molecule has 0 heterocycles. The van der Waals surface area contributed by atoms with Crippen molar-refractivity contribution in [1.29, 1.82) is 5.26 Å². The van der Waals surface area contributed by atoms with E-state index in [1.165, 1.54) is 24.3 Å². The van der Waals surface area contributed by atoms with Gasteiger partial charge in [0, 0.05) is 5.69 Å². The molecule has 0 fully saturated rings. The highest BCUT2D eigenvalue weighted by Gasteiger charge is 2.17. The number of carbonyl (C=O) groups excluding carboxylic acids is 1. The fourth-order valence-corrected chi connectivity index (χ4v) is 1.95. The second kappa shape index (κ2) is 6.53. The van der Waals surface area contributed by atoms with Crippen molar-refractivity contribution >= 4 is 11.6 Å². The number of carbonyl (C=O) groups is 1. The molecule has 0 aliphatic carbocycles. The topological polar surface area (TPSA) is 78.9 Å². The van der Waals surface area contributed by atoms with Gasteiger partial charge in [-0.1, -0.05) is 24.3 Å². The van der Waals surface area contributed by atoms with Crippen molar-refractivity contribution in [1.82, 2.24) is 0 Å². The number of nitrogens with two attached hydrogens (primary N) is 1. The molecule has 0 saturated heterocycles. The highest BCUT2D eigenvalue weighted by molar-refractivity contribution is 5.84. The molecule has 2 rings (SSSR count). The monoisotopic (exact) mass is 283 g/mol. The minimum atomic E-state index is -0.743. The van der Waals surface area contributed by atoms with Crippen LogP contribution in [0.3, 0.4) is 0 Å². The summed E-state index contributed by atoms with van der Waals surface area (Å²) >= 11 is 0. The van der Waals surface area contributed by atoms with Crippen LogP contribution < -0.4 is 11.1 Å².